The molecular formula is C3Cl6N4. The molecule has 74 valence electrons. The van der Waals surface area contributed by atoms with Crippen LogP contribution in [0, 0.1) is 0 Å². The Kier molecular flexibility index (Phi) is 3.43. The minimum Gasteiger partial charge on any atom is -0.127 e. The summed E-state index contributed by atoms with van der Waals surface area (Å²) in [6.45, 7) is 0. The topological polar surface area (TPSA) is 43.6 Å². The van der Waals surface area contributed by atoms with Crippen LogP contribution in [-0.2, 0) is 7.71 Å². The lowest BCUT2D eigenvalue weighted by Crippen LogP contribution is -2.17. The Bertz CT molecular complexity index is 267. The summed E-state index contributed by atoms with van der Waals surface area (Å²) in [5.41, 5.74) is 0. The molecule has 0 N–H and O–H groups in total. The Morgan fingerprint density at radius 1 is 1.00 bits per heavy atom. The maximum atomic E-state index is 5.45. The lowest BCUT2D eigenvalue weighted by Gasteiger charge is -2.07. The summed E-state index contributed by atoms with van der Waals surface area (Å²) < 4.78 is -3.63. The van der Waals surface area contributed by atoms with E-state index in [1.54, 1.807) is 0 Å². The smallest absolute Gasteiger partial charge is 0.127 e. The van der Waals surface area contributed by atoms with Crippen LogP contribution in [0.1, 0.15) is 5.82 Å². The molecule has 1 aromatic rings. The van der Waals surface area contributed by atoms with Crippen LogP contribution >= 0.6 is 69.6 Å². The fourth-order valence-corrected chi connectivity index (χ4v) is 0.877. The summed E-state index contributed by atoms with van der Waals surface area (Å²) in [4.78, 5) is 0.703. The van der Waals surface area contributed by atoms with E-state index >= 15 is 0 Å². The zero-order valence-electron chi connectivity index (χ0n) is 5.56. The van der Waals surface area contributed by atoms with Crippen LogP contribution in [0.25, 0.3) is 0 Å². The Hall–Kier alpha value is 0.810. The van der Waals surface area contributed by atoms with Gasteiger partial charge < -0.3 is 0 Å². The highest BCUT2D eigenvalue weighted by molar-refractivity contribution is 6.66. The van der Waals surface area contributed by atoms with Gasteiger partial charge in [0.2, 0.25) is 5.82 Å². The van der Waals surface area contributed by atoms with Crippen molar-refractivity contribution in [1.82, 2.24) is 20.2 Å². The normalized spacial score (nSPS) is 13.4. The SMILES string of the molecule is ClC(Cl)(Cl)c1nnn(C(Cl)(Cl)Cl)n1. The Balaban J connectivity index is 3.01. The number of halogens is 6. The van der Waals surface area contributed by atoms with Gasteiger partial charge in [-0.15, -0.1) is 15.0 Å². The summed E-state index contributed by atoms with van der Waals surface area (Å²) in [6, 6.07) is 0. The number of nitrogens with zero attached hydrogens (tertiary/aromatic N) is 4. The van der Waals surface area contributed by atoms with Crippen molar-refractivity contribution >= 4 is 69.6 Å². The molecule has 0 aromatic carbocycles. The number of alkyl halides is 6. The molecule has 0 aliphatic carbocycles. The molecule has 0 saturated heterocycles. The fraction of sp³-hybridized carbons (Fsp3) is 0.667. The van der Waals surface area contributed by atoms with Crippen molar-refractivity contribution in [3.63, 3.8) is 0 Å². The molecule has 0 bridgehead atoms. The summed E-state index contributed by atoms with van der Waals surface area (Å²) in [5.74, 6) is -0.163. The first-order valence-electron chi connectivity index (χ1n) is 2.65. The monoisotopic (exact) mass is 302 g/mol. The summed E-state index contributed by atoms with van der Waals surface area (Å²) in [6.07, 6.45) is 0. The number of hydrogen-bond donors (Lipinski definition) is 0. The Labute approximate surface area is 103 Å². The molecule has 0 aliphatic rings. The highest BCUT2D eigenvalue weighted by Gasteiger charge is 2.33. The maximum absolute atomic E-state index is 5.45. The third kappa shape index (κ3) is 3.15. The van der Waals surface area contributed by atoms with Crippen molar-refractivity contribution in [2.75, 3.05) is 0 Å². The molecule has 0 fully saturated rings. The maximum Gasteiger partial charge on any atom is 0.305 e. The van der Waals surface area contributed by atoms with Crippen molar-refractivity contribution < 1.29 is 0 Å². The van der Waals surface area contributed by atoms with E-state index < -0.39 is 7.71 Å². The molecular weight excluding hydrogens is 305 g/mol. The lowest BCUT2D eigenvalue weighted by atomic mass is 10.7. The van der Waals surface area contributed by atoms with Crippen LogP contribution in [0.4, 0.5) is 0 Å². The first kappa shape index (κ1) is 11.9. The summed E-state index contributed by atoms with van der Waals surface area (Å²) in [7, 11) is 0. The number of rotatable bonds is 0. The first-order valence-corrected chi connectivity index (χ1v) is 4.92. The van der Waals surface area contributed by atoms with Gasteiger partial charge in [-0.2, -0.15) is 0 Å². The van der Waals surface area contributed by atoms with Crippen molar-refractivity contribution in [3.05, 3.63) is 5.82 Å². The largest absolute Gasteiger partial charge is 0.305 e. The predicted molar refractivity (Wildman–Crippen MR) is 52.6 cm³/mol. The Morgan fingerprint density at radius 2 is 1.54 bits per heavy atom. The second-order valence-corrected chi connectivity index (χ2v) is 6.37. The van der Waals surface area contributed by atoms with Gasteiger partial charge in [0.25, 0.3) is 3.79 Å². The molecule has 10 heteroatoms. The van der Waals surface area contributed by atoms with E-state index in [0.29, 0.717) is 4.80 Å². The molecule has 1 heterocycles. The molecule has 0 radical (unpaired) electrons. The van der Waals surface area contributed by atoms with Gasteiger partial charge in [-0.05, 0) is 5.21 Å². The zero-order valence-corrected chi connectivity index (χ0v) is 10.1. The van der Waals surface area contributed by atoms with Gasteiger partial charge in [0, 0.05) is 0 Å². The second kappa shape index (κ2) is 3.76. The van der Waals surface area contributed by atoms with Gasteiger partial charge in [-0.3, -0.25) is 0 Å². The average Bonchev–Trinajstić information content (AvgIpc) is 2.28. The van der Waals surface area contributed by atoms with Crippen LogP contribution in [0.5, 0.6) is 0 Å². The van der Waals surface area contributed by atoms with Crippen molar-refractivity contribution in [2.24, 2.45) is 0 Å². The zero-order chi connectivity index (χ0) is 10.3. The standard InChI is InChI=1S/C3Cl6N4/c4-2(5,6)1-10-12-13(11-1)3(7,8)9. The number of aromatic nitrogens is 4. The van der Waals surface area contributed by atoms with E-state index in [0.717, 1.165) is 0 Å². The van der Waals surface area contributed by atoms with E-state index in [9.17, 15) is 0 Å². The van der Waals surface area contributed by atoms with E-state index in [1.165, 1.54) is 0 Å². The van der Waals surface area contributed by atoms with E-state index in [1.807, 2.05) is 0 Å². The van der Waals surface area contributed by atoms with E-state index in [4.69, 9.17) is 69.6 Å². The number of hydrogen-bond acceptors (Lipinski definition) is 3. The Morgan fingerprint density at radius 3 is 1.77 bits per heavy atom. The molecule has 0 unspecified atom stereocenters. The van der Waals surface area contributed by atoms with Crippen LogP contribution in [0.2, 0.25) is 0 Å². The summed E-state index contributed by atoms with van der Waals surface area (Å²) in [5, 5.41) is 10.3. The summed E-state index contributed by atoms with van der Waals surface area (Å²) >= 11 is 32.6. The fourth-order valence-electron chi connectivity index (χ4n) is 0.435. The third-order valence-electron chi connectivity index (χ3n) is 0.894. The third-order valence-corrected chi connectivity index (χ3v) is 1.85. The van der Waals surface area contributed by atoms with Crippen LogP contribution < -0.4 is 0 Å². The van der Waals surface area contributed by atoms with Gasteiger partial charge in [-0.1, -0.05) is 69.6 Å². The average molecular weight is 305 g/mol. The molecule has 0 atom stereocenters. The molecule has 1 aromatic heterocycles. The molecule has 4 nitrogen and oxygen atoms in total. The highest BCUT2D eigenvalue weighted by Crippen LogP contribution is 2.37. The molecule has 1 rings (SSSR count). The molecule has 13 heavy (non-hydrogen) atoms. The van der Waals surface area contributed by atoms with Crippen LogP contribution in [0.3, 0.4) is 0 Å². The van der Waals surface area contributed by atoms with Gasteiger partial charge in [0.15, 0.2) is 0 Å². The van der Waals surface area contributed by atoms with Crippen molar-refractivity contribution in [3.8, 4) is 0 Å². The predicted octanol–water partition coefficient (Wildman–Crippen LogP) is 2.78. The molecule has 0 spiro atoms. The van der Waals surface area contributed by atoms with E-state index in [2.05, 4.69) is 15.4 Å². The minimum atomic E-state index is -1.85. The first-order chi connectivity index (χ1) is 5.71. The van der Waals surface area contributed by atoms with Gasteiger partial charge in [0.05, 0.1) is 0 Å². The van der Waals surface area contributed by atoms with Crippen LogP contribution in [-0.4, -0.2) is 20.2 Å². The molecule has 0 aliphatic heterocycles. The number of tetrazole rings is 1. The lowest BCUT2D eigenvalue weighted by molar-refractivity contribution is 0.558. The highest BCUT2D eigenvalue weighted by atomic mass is 35.6. The minimum absolute atomic E-state index is 0.163. The molecule has 0 saturated carbocycles. The van der Waals surface area contributed by atoms with Crippen molar-refractivity contribution in [1.29, 1.82) is 0 Å². The van der Waals surface area contributed by atoms with Gasteiger partial charge >= 0.3 is 3.92 Å². The quantitative estimate of drug-likeness (QED) is 0.692. The van der Waals surface area contributed by atoms with Gasteiger partial charge in [-0.25, -0.2) is 0 Å². The van der Waals surface area contributed by atoms with Crippen LogP contribution in [0.15, 0.2) is 0 Å². The van der Waals surface area contributed by atoms with Gasteiger partial charge in [0.1, 0.15) is 0 Å². The van der Waals surface area contributed by atoms with Crippen molar-refractivity contribution in [2.45, 2.75) is 7.71 Å². The van der Waals surface area contributed by atoms with E-state index in [-0.39, 0.29) is 5.82 Å². The molecule has 0 amide bonds. The second-order valence-electron chi connectivity index (χ2n) is 1.87.